The normalized spacial score (nSPS) is 19.0. The van der Waals surface area contributed by atoms with Crippen molar-refractivity contribution in [3.63, 3.8) is 0 Å². The minimum Gasteiger partial charge on any atom is -0.391 e. The van der Waals surface area contributed by atoms with Gasteiger partial charge in [0.2, 0.25) is 0 Å². The molecule has 1 fully saturated rings. The fourth-order valence-corrected chi connectivity index (χ4v) is 3.50. The molecular formula is C19H21NO. The number of hydrogen-bond acceptors (Lipinski definition) is 2. The number of benzene rings is 2. The summed E-state index contributed by atoms with van der Waals surface area (Å²) < 4.78 is 0. The van der Waals surface area contributed by atoms with Crippen LogP contribution in [0.4, 0.5) is 0 Å². The maximum atomic E-state index is 10.6. The highest BCUT2D eigenvalue weighted by Crippen LogP contribution is 2.34. The van der Waals surface area contributed by atoms with Crippen LogP contribution >= 0.6 is 0 Å². The van der Waals surface area contributed by atoms with E-state index in [9.17, 15) is 10.4 Å². The van der Waals surface area contributed by atoms with Gasteiger partial charge in [0, 0.05) is 0 Å². The number of aliphatic hydroxyl groups is 1. The molecule has 0 bridgehead atoms. The van der Waals surface area contributed by atoms with Crippen LogP contribution in [0.15, 0.2) is 42.5 Å². The van der Waals surface area contributed by atoms with E-state index in [0.29, 0.717) is 0 Å². The Morgan fingerprint density at radius 2 is 1.71 bits per heavy atom. The molecule has 0 saturated heterocycles. The van der Waals surface area contributed by atoms with Crippen molar-refractivity contribution in [2.75, 3.05) is 0 Å². The molecule has 0 amide bonds. The number of fused-ring (bicyclic) bond motifs is 1. The SMILES string of the molecule is N#CC(c1ccc2ccccc2c1)[C@@H](O)C1CCCCC1. The largest absolute Gasteiger partial charge is 0.391 e. The molecule has 21 heavy (non-hydrogen) atoms. The van der Waals surface area contributed by atoms with Crippen LogP contribution in [0.1, 0.15) is 43.6 Å². The Balaban J connectivity index is 1.88. The van der Waals surface area contributed by atoms with Crippen molar-refractivity contribution in [2.45, 2.75) is 44.1 Å². The van der Waals surface area contributed by atoms with Gasteiger partial charge in [0.25, 0.3) is 0 Å². The van der Waals surface area contributed by atoms with Crippen molar-refractivity contribution in [3.8, 4) is 6.07 Å². The molecule has 108 valence electrons. The van der Waals surface area contributed by atoms with Crippen LogP contribution in [-0.4, -0.2) is 11.2 Å². The number of rotatable bonds is 3. The van der Waals surface area contributed by atoms with E-state index in [1.54, 1.807) is 0 Å². The summed E-state index contributed by atoms with van der Waals surface area (Å²) in [6, 6.07) is 16.6. The molecule has 1 aliphatic carbocycles. The third kappa shape index (κ3) is 2.94. The topological polar surface area (TPSA) is 44.0 Å². The van der Waals surface area contributed by atoms with E-state index in [4.69, 9.17) is 0 Å². The number of aliphatic hydroxyl groups excluding tert-OH is 1. The molecule has 0 heterocycles. The summed E-state index contributed by atoms with van der Waals surface area (Å²) in [6.45, 7) is 0. The van der Waals surface area contributed by atoms with E-state index in [1.807, 2.05) is 24.3 Å². The summed E-state index contributed by atoms with van der Waals surface area (Å²) in [7, 11) is 0. The van der Waals surface area contributed by atoms with E-state index in [0.717, 1.165) is 23.8 Å². The molecule has 1 unspecified atom stereocenters. The van der Waals surface area contributed by atoms with Gasteiger partial charge in [-0.25, -0.2) is 0 Å². The highest BCUT2D eigenvalue weighted by atomic mass is 16.3. The van der Waals surface area contributed by atoms with Crippen molar-refractivity contribution < 1.29 is 5.11 Å². The van der Waals surface area contributed by atoms with Crippen LogP contribution in [0.3, 0.4) is 0 Å². The highest BCUT2D eigenvalue weighted by molar-refractivity contribution is 5.83. The van der Waals surface area contributed by atoms with Gasteiger partial charge in [0.05, 0.1) is 18.1 Å². The van der Waals surface area contributed by atoms with Crippen molar-refractivity contribution in [1.29, 1.82) is 5.26 Å². The second-order valence-electron chi connectivity index (χ2n) is 6.10. The molecule has 0 aromatic heterocycles. The summed E-state index contributed by atoms with van der Waals surface area (Å²) in [5, 5.41) is 22.5. The lowest BCUT2D eigenvalue weighted by Gasteiger charge is -2.29. The van der Waals surface area contributed by atoms with E-state index in [2.05, 4.69) is 24.3 Å². The fourth-order valence-electron chi connectivity index (χ4n) is 3.50. The molecule has 1 aliphatic rings. The predicted octanol–water partition coefficient (Wildman–Crippen LogP) is 4.39. The Hall–Kier alpha value is -1.85. The quantitative estimate of drug-likeness (QED) is 0.905. The van der Waals surface area contributed by atoms with E-state index >= 15 is 0 Å². The first kappa shape index (κ1) is 14.1. The second-order valence-corrected chi connectivity index (χ2v) is 6.10. The van der Waals surface area contributed by atoms with Gasteiger partial charge in [-0.1, -0.05) is 55.7 Å². The molecule has 1 N–H and O–H groups in total. The molecule has 2 heteroatoms. The number of nitriles is 1. The Bertz CT molecular complexity index is 652. The second kappa shape index (κ2) is 6.28. The number of hydrogen-bond donors (Lipinski definition) is 1. The standard InChI is InChI=1S/C19H21NO/c20-13-18(19(21)15-7-2-1-3-8-15)17-11-10-14-6-4-5-9-16(14)12-17/h4-6,9-12,15,18-19,21H,1-3,7-8H2/t18?,19-/m0/s1. The third-order valence-electron chi connectivity index (χ3n) is 4.75. The average molecular weight is 279 g/mol. The van der Waals surface area contributed by atoms with Crippen molar-refractivity contribution in [3.05, 3.63) is 48.0 Å². The van der Waals surface area contributed by atoms with Crippen LogP contribution in [0.5, 0.6) is 0 Å². The molecule has 2 atom stereocenters. The van der Waals surface area contributed by atoms with Crippen LogP contribution in [0.2, 0.25) is 0 Å². The van der Waals surface area contributed by atoms with Crippen LogP contribution in [0.25, 0.3) is 10.8 Å². The summed E-state index contributed by atoms with van der Waals surface area (Å²) >= 11 is 0. The minimum absolute atomic E-state index is 0.273. The van der Waals surface area contributed by atoms with E-state index < -0.39 is 12.0 Å². The molecule has 3 rings (SSSR count). The first-order chi connectivity index (χ1) is 10.3. The number of nitrogens with zero attached hydrogens (tertiary/aromatic N) is 1. The smallest absolute Gasteiger partial charge is 0.0974 e. The lowest BCUT2D eigenvalue weighted by Crippen LogP contribution is -2.28. The predicted molar refractivity (Wildman–Crippen MR) is 84.9 cm³/mol. The molecule has 1 saturated carbocycles. The molecular weight excluding hydrogens is 258 g/mol. The summed E-state index contributed by atoms with van der Waals surface area (Å²) in [5.74, 6) is -0.146. The molecule has 2 aromatic carbocycles. The minimum atomic E-state index is -0.545. The average Bonchev–Trinajstić information content (AvgIpc) is 2.56. The van der Waals surface area contributed by atoms with Gasteiger partial charge in [-0.05, 0) is 41.2 Å². The van der Waals surface area contributed by atoms with Gasteiger partial charge in [-0.3, -0.25) is 0 Å². The summed E-state index contributed by atoms with van der Waals surface area (Å²) in [4.78, 5) is 0. The molecule has 2 nitrogen and oxygen atoms in total. The first-order valence-electron chi connectivity index (χ1n) is 7.86. The maximum absolute atomic E-state index is 10.6. The zero-order chi connectivity index (χ0) is 14.7. The molecule has 0 radical (unpaired) electrons. The third-order valence-corrected chi connectivity index (χ3v) is 4.75. The van der Waals surface area contributed by atoms with Gasteiger partial charge in [0.15, 0.2) is 0 Å². The van der Waals surface area contributed by atoms with Gasteiger partial charge < -0.3 is 5.11 Å². The highest BCUT2D eigenvalue weighted by Gasteiger charge is 2.30. The van der Waals surface area contributed by atoms with Gasteiger partial charge in [0.1, 0.15) is 0 Å². The van der Waals surface area contributed by atoms with Gasteiger partial charge in [-0.15, -0.1) is 0 Å². The van der Waals surface area contributed by atoms with E-state index in [-0.39, 0.29) is 5.92 Å². The maximum Gasteiger partial charge on any atom is 0.0974 e. The Labute approximate surface area is 126 Å². The summed E-state index contributed by atoms with van der Waals surface area (Å²) in [5.41, 5.74) is 0.939. The van der Waals surface area contributed by atoms with Crippen molar-refractivity contribution in [2.24, 2.45) is 5.92 Å². The Kier molecular flexibility index (Phi) is 4.22. The lowest BCUT2D eigenvalue weighted by atomic mass is 9.78. The molecule has 2 aromatic rings. The molecule has 0 spiro atoms. The summed E-state index contributed by atoms with van der Waals surface area (Å²) in [6.07, 6.45) is 5.17. The van der Waals surface area contributed by atoms with Crippen molar-refractivity contribution in [1.82, 2.24) is 0 Å². The zero-order valence-electron chi connectivity index (χ0n) is 12.2. The van der Waals surface area contributed by atoms with E-state index in [1.165, 1.54) is 24.6 Å². The Morgan fingerprint density at radius 3 is 2.43 bits per heavy atom. The first-order valence-corrected chi connectivity index (χ1v) is 7.86. The lowest BCUT2D eigenvalue weighted by molar-refractivity contribution is 0.0744. The van der Waals surface area contributed by atoms with Crippen molar-refractivity contribution >= 4 is 10.8 Å². The molecule has 0 aliphatic heterocycles. The van der Waals surface area contributed by atoms with Gasteiger partial charge >= 0.3 is 0 Å². The van der Waals surface area contributed by atoms with Gasteiger partial charge in [-0.2, -0.15) is 5.26 Å². The Morgan fingerprint density at radius 1 is 1.00 bits per heavy atom. The monoisotopic (exact) mass is 279 g/mol. The zero-order valence-corrected chi connectivity index (χ0v) is 12.2. The van der Waals surface area contributed by atoms with Crippen LogP contribution in [-0.2, 0) is 0 Å². The van der Waals surface area contributed by atoms with Crippen LogP contribution in [0, 0.1) is 17.2 Å². The fraction of sp³-hybridized carbons (Fsp3) is 0.421. The van der Waals surface area contributed by atoms with Crippen LogP contribution < -0.4 is 0 Å².